The average Bonchev–Trinajstić information content (AvgIpc) is 3.46. The normalized spacial score (nSPS) is 16.4. The summed E-state index contributed by atoms with van der Waals surface area (Å²) in [6.07, 6.45) is -0.709. The third kappa shape index (κ3) is 7.45. The summed E-state index contributed by atoms with van der Waals surface area (Å²) in [5, 5.41) is 2.70. The van der Waals surface area contributed by atoms with Crippen LogP contribution >= 0.6 is 31.9 Å². The largest absolute Gasteiger partial charge is 0.469 e. The number of aromatic nitrogens is 2. The molecule has 2 aromatic heterocycles. The number of rotatable bonds is 8. The van der Waals surface area contributed by atoms with Gasteiger partial charge in [0.25, 0.3) is 11.8 Å². The second kappa shape index (κ2) is 14.7. The molecular formula is C23H30Br2N4O9. The predicted octanol–water partition coefficient (Wildman–Crippen LogP) is 2.33. The van der Waals surface area contributed by atoms with Crippen LogP contribution in [0.5, 0.6) is 0 Å². The first-order valence-electron chi connectivity index (χ1n) is 10.6. The highest BCUT2D eigenvalue weighted by Crippen LogP contribution is 2.30. The third-order valence-electron chi connectivity index (χ3n) is 5.41. The number of fused-ring (bicyclic) bond motifs is 1. The fourth-order valence-electron chi connectivity index (χ4n) is 3.65. The molecule has 1 aliphatic heterocycles. The van der Waals surface area contributed by atoms with Crippen LogP contribution in [0.4, 0.5) is 0 Å². The summed E-state index contributed by atoms with van der Waals surface area (Å²) < 4.78 is 23.2. The van der Waals surface area contributed by atoms with Crippen molar-refractivity contribution >= 4 is 61.6 Å². The zero-order valence-corrected chi connectivity index (χ0v) is 23.5. The Balaban J connectivity index is 0.000000370. The highest BCUT2D eigenvalue weighted by atomic mass is 79.9. The van der Waals surface area contributed by atoms with Crippen LogP contribution in [0, 0.1) is 0 Å². The molecule has 15 heteroatoms. The molecule has 0 saturated heterocycles. The maximum absolute atomic E-state index is 11.8. The van der Waals surface area contributed by atoms with Crippen molar-refractivity contribution in [2.75, 3.05) is 28.4 Å². The molecule has 210 valence electrons. The number of nitrogens with two attached hydrogens (primary N) is 1. The van der Waals surface area contributed by atoms with Crippen molar-refractivity contribution in [3.8, 4) is 0 Å². The smallest absolute Gasteiger partial charge is 0.329 e. The molecular weight excluding hydrogens is 636 g/mol. The van der Waals surface area contributed by atoms with E-state index in [4.69, 9.17) is 10.5 Å². The Morgan fingerprint density at radius 1 is 0.974 bits per heavy atom. The van der Waals surface area contributed by atoms with E-state index < -0.39 is 30.1 Å². The monoisotopic (exact) mass is 664 g/mol. The molecule has 3 heterocycles. The van der Waals surface area contributed by atoms with Gasteiger partial charge in [0.2, 0.25) is 0 Å². The Labute approximate surface area is 236 Å². The maximum atomic E-state index is 11.8. The lowest BCUT2D eigenvalue weighted by Gasteiger charge is -2.33. The van der Waals surface area contributed by atoms with Crippen LogP contribution in [0.3, 0.4) is 0 Å². The minimum atomic E-state index is -1.02. The van der Waals surface area contributed by atoms with Crippen molar-refractivity contribution in [3.63, 3.8) is 0 Å². The van der Waals surface area contributed by atoms with Crippen LogP contribution in [0.25, 0.3) is 0 Å². The number of amides is 2. The molecule has 0 radical (unpaired) electrons. The lowest BCUT2D eigenvalue weighted by atomic mass is 10.1. The number of ether oxygens (including phenoxy) is 4. The van der Waals surface area contributed by atoms with Crippen molar-refractivity contribution in [2.45, 2.75) is 38.6 Å². The number of esters is 3. The first kappa shape index (κ1) is 32.9. The molecule has 3 atom stereocenters. The lowest BCUT2D eigenvalue weighted by Crippen LogP contribution is -2.49. The van der Waals surface area contributed by atoms with Gasteiger partial charge in [-0.15, -0.1) is 0 Å². The van der Waals surface area contributed by atoms with Gasteiger partial charge in [-0.1, -0.05) is 7.43 Å². The van der Waals surface area contributed by atoms with Gasteiger partial charge in [0, 0.05) is 7.11 Å². The maximum Gasteiger partial charge on any atom is 0.329 e. The van der Waals surface area contributed by atoms with E-state index in [-0.39, 0.29) is 43.9 Å². The summed E-state index contributed by atoms with van der Waals surface area (Å²) in [6, 6.07) is 5.09. The van der Waals surface area contributed by atoms with Gasteiger partial charge in [0.15, 0.2) is 6.23 Å². The Kier molecular flexibility index (Phi) is 12.7. The molecule has 2 aromatic rings. The van der Waals surface area contributed by atoms with Gasteiger partial charge in [-0.05, 0) is 56.1 Å². The minimum Gasteiger partial charge on any atom is -0.469 e. The molecule has 0 aromatic carbocycles. The summed E-state index contributed by atoms with van der Waals surface area (Å²) in [6.45, 7) is 0. The van der Waals surface area contributed by atoms with Gasteiger partial charge in [-0.2, -0.15) is 0 Å². The van der Waals surface area contributed by atoms with Gasteiger partial charge in [0.1, 0.15) is 17.4 Å². The van der Waals surface area contributed by atoms with E-state index in [0.717, 1.165) is 4.60 Å². The zero-order valence-electron chi connectivity index (χ0n) is 20.4. The fraction of sp³-hybridized carbons (Fsp3) is 0.435. The number of hydrogen-bond acceptors (Lipinski definition) is 9. The standard InChI is InChI=1S/C11H13BrN2O5.C11H13BrN2O4.CH4/c1-18-9(15)5-7(11(17)19-2)14-6(10(13)16)3-4-8(14)12;1-17-9(15)5-7-11(18-2)13-10(16)6-3-4-8(12)14(6)7;/h3-4,7H,5H2,1-2H3,(H2,13,16);3-4,7,11H,5H2,1-2H3,(H,13,16);1H4/t7-;7-,11-;/m11./s1. The summed E-state index contributed by atoms with van der Waals surface area (Å²) >= 11 is 6.55. The molecule has 0 unspecified atom stereocenters. The van der Waals surface area contributed by atoms with E-state index in [0.29, 0.717) is 10.3 Å². The van der Waals surface area contributed by atoms with Crippen LogP contribution in [0.1, 0.15) is 53.3 Å². The van der Waals surface area contributed by atoms with Crippen molar-refractivity contribution in [1.82, 2.24) is 14.5 Å². The number of carbonyl (C=O) groups excluding carboxylic acids is 5. The molecule has 38 heavy (non-hydrogen) atoms. The molecule has 0 fully saturated rings. The molecule has 0 bridgehead atoms. The SMILES string of the molecule is C.COC(=O)C[C@@H]1[C@@H](OC)NC(=O)c2ccc(Br)n21.COC(=O)C[C@H](C(=O)OC)n1c(Br)ccc1C(N)=O. The fourth-order valence-corrected chi connectivity index (χ4v) is 4.80. The molecule has 2 amide bonds. The van der Waals surface area contributed by atoms with Crippen LogP contribution in [-0.2, 0) is 33.3 Å². The van der Waals surface area contributed by atoms with E-state index >= 15 is 0 Å². The number of halogens is 2. The number of nitrogens with zero attached hydrogens (tertiary/aromatic N) is 2. The van der Waals surface area contributed by atoms with Crippen LogP contribution < -0.4 is 11.1 Å². The molecule has 3 rings (SSSR count). The Morgan fingerprint density at radius 2 is 1.58 bits per heavy atom. The van der Waals surface area contributed by atoms with Crippen molar-refractivity contribution in [3.05, 3.63) is 44.9 Å². The van der Waals surface area contributed by atoms with Crippen molar-refractivity contribution in [1.29, 1.82) is 0 Å². The quantitative estimate of drug-likeness (QED) is 0.317. The number of carbonyl (C=O) groups is 5. The number of methoxy groups -OCH3 is 4. The molecule has 13 nitrogen and oxygen atoms in total. The number of nitrogens with one attached hydrogen (secondary N) is 1. The van der Waals surface area contributed by atoms with E-state index in [1.165, 1.54) is 39.1 Å². The Morgan fingerprint density at radius 3 is 2.11 bits per heavy atom. The zero-order chi connectivity index (χ0) is 27.9. The van der Waals surface area contributed by atoms with Gasteiger partial charge >= 0.3 is 17.9 Å². The predicted molar refractivity (Wildman–Crippen MR) is 141 cm³/mol. The highest BCUT2D eigenvalue weighted by molar-refractivity contribution is 9.10. The van der Waals surface area contributed by atoms with Gasteiger partial charge in [-0.25, -0.2) is 4.79 Å². The first-order chi connectivity index (χ1) is 17.5. The number of primary amides is 1. The van der Waals surface area contributed by atoms with Crippen molar-refractivity contribution in [2.24, 2.45) is 5.73 Å². The molecule has 0 spiro atoms. The second-order valence-electron chi connectivity index (χ2n) is 7.48. The number of hydrogen-bond donors (Lipinski definition) is 2. The summed E-state index contributed by atoms with van der Waals surface area (Å²) in [4.78, 5) is 57.7. The second-order valence-corrected chi connectivity index (χ2v) is 9.11. The average molecular weight is 666 g/mol. The molecule has 1 aliphatic rings. The summed E-state index contributed by atoms with van der Waals surface area (Å²) in [5.74, 6) is -2.58. The Bertz CT molecular complexity index is 1180. The van der Waals surface area contributed by atoms with E-state index in [2.05, 4.69) is 51.4 Å². The first-order valence-corrected chi connectivity index (χ1v) is 12.2. The third-order valence-corrected chi connectivity index (χ3v) is 6.70. The van der Waals surface area contributed by atoms with Crippen LogP contribution in [0.15, 0.2) is 33.5 Å². The lowest BCUT2D eigenvalue weighted by molar-refractivity contribution is -0.151. The minimum absolute atomic E-state index is 0. The van der Waals surface area contributed by atoms with E-state index in [1.807, 2.05) is 0 Å². The Hall–Kier alpha value is -3.17. The van der Waals surface area contributed by atoms with Gasteiger partial charge in [0.05, 0.1) is 49.4 Å². The van der Waals surface area contributed by atoms with E-state index in [1.54, 1.807) is 22.8 Å². The van der Waals surface area contributed by atoms with E-state index in [9.17, 15) is 24.0 Å². The summed E-state index contributed by atoms with van der Waals surface area (Å²) in [7, 11) is 5.21. The topological polar surface area (TPSA) is 170 Å². The summed E-state index contributed by atoms with van der Waals surface area (Å²) in [5.41, 5.74) is 5.80. The van der Waals surface area contributed by atoms with Gasteiger partial charge < -0.3 is 39.1 Å². The molecule has 0 aliphatic carbocycles. The molecule has 3 N–H and O–H groups in total. The van der Waals surface area contributed by atoms with Crippen LogP contribution in [0.2, 0.25) is 0 Å². The van der Waals surface area contributed by atoms with Crippen molar-refractivity contribution < 1.29 is 42.9 Å². The van der Waals surface area contributed by atoms with Gasteiger partial charge in [-0.3, -0.25) is 19.2 Å². The molecule has 0 saturated carbocycles. The van der Waals surface area contributed by atoms with Crippen LogP contribution in [-0.4, -0.2) is 73.5 Å². The highest BCUT2D eigenvalue weighted by Gasteiger charge is 2.36.